The fraction of sp³-hybridized carbons (Fsp3) is 0.200. The minimum Gasteiger partial charge on any atom is -0.493 e. The monoisotopic (exact) mass is 350 g/mol. The van der Waals surface area contributed by atoms with Gasteiger partial charge < -0.3 is 19.5 Å². The highest BCUT2D eigenvalue weighted by Crippen LogP contribution is 2.40. The number of carbonyl (C=O) groups is 1. The molecule has 1 amide bonds. The molecule has 1 aliphatic heterocycles. The molecule has 3 rings (SSSR count). The van der Waals surface area contributed by atoms with Crippen LogP contribution in [0, 0.1) is 11.3 Å². The van der Waals surface area contributed by atoms with E-state index in [-0.39, 0.29) is 5.57 Å². The highest BCUT2D eigenvalue weighted by atomic mass is 16.6. The first-order valence-electron chi connectivity index (χ1n) is 8.13. The molecular formula is C20H18N2O4. The highest BCUT2D eigenvalue weighted by Gasteiger charge is 2.18. The molecule has 6 heteroatoms. The Kier molecular flexibility index (Phi) is 5.40. The van der Waals surface area contributed by atoms with Crippen molar-refractivity contribution in [2.24, 2.45) is 0 Å². The summed E-state index contributed by atoms with van der Waals surface area (Å²) in [6.45, 7) is 1.24. The van der Waals surface area contributed by atoms with Crippen molar-refractivity contribution >= 4 is 12.0 Å². The van der Waals surface area contributed by atoms with Gasteiger partial charge in [0, 0.05) is 6.54 Å². The van der Waals surface area contributed by atoms with Crippen LogP contribution in [0.2, 0.25) is 0 Å². The van der Waals surface area contributed by atoms with Crippen molar-refractivity contribution in [2.45, 2.75) is 6.54 Å². The lowest BCUT2D eigenvalue weighted by Gasteiger charge is -2.21. The number of rotatable bonds is 5. The van der Waals surface area contributed by atoms with Gasteiger partial charge in [0.05, 0.1) is 7.11 Å². The van der Waals surface area contributed by atoms with E-state index in [0.717, 1.165) is 5.56 Å². The normalized spacial score (nSPS) is 12.8. The van der Waals surface area contributed by atoms with Gasteiger partial charge in [-0.2, -0.15) is 5.26 Å². The number of fused-ring (bicyclic) bond motifs is 1. The van der Waals surface area contributed by atoms with Crippen LogP contribution in [0.4, 0.5) is 0 Å². The lowest BCUT2D eigenvalue weighted by atomic mass is 10.1. The molecule has 2 aromatic rings. The summed E-state index contributed by atoms with van der Waals surface area (Å²) >= 11 is 0. The first kappa shape index (κ1) is 17.4. The van der Waals surface area contributed by atoms with E-state index >= 15 is 0 Å². The Balaban J connectivity index is 1.80. The number of methoxy groups -OCH3 is 1. The molecule has 0 radical (unpaired) electrons. The molecule has 0 aliphatic carbocycles. The van der Waals surface area contributed by atoms with Crippen LogP contribution >= 0.6 is 0 Å². The Hall–Kier alpha value is -3.46. The Bertz CT molecular complexity index is 852. The average Bonchev–Trinajstić information content (AvgIpc) is 2.70. The minimum absolute atomic E-state index is 0.000313. The van der Waals surface area contributed by atoms with Crippen LogP contribution in [0.1, 0.15) is 11.1 Å². The quantitative estimate of drug-likeness (QED) is 0.662. The Morgan fingerprint density at radius 3 is 2.77 bits per heavy atom. The zero-order chi connectivity index (χ0) is 18.4. The van der Waals surface area contributed by atoms with Crippen molar-refractivity contribution in [2.75, 3.05) is 20.3 Å². The number of nitriles is 1. The van der Waals surface area contributed by atoms with Crippen LogP contribution < -0.4 is 19.5 Å². The molecule has 0 aromatic heterocycles. The number of carbonyl (C=O) groups excluding carboxylic acids is 1. The molecule has 26 heavy (non-hydrogen) atoms. The van der Waals surface area contributed by atoms with E-state index in [1.165, 1.54) is 13.2 Å². The number of amides is 1. The molecule has 0 bridgehead atoms. The number of ether oxygens (including phenoxy) is 3. The van der Waals surface area contributed by atoms with E-state index < -0.39 is 5.91 Å². The first-order valence-corrected chi connectivity index (χ1v) is 8.13. The molecule has 0 spiro atoms. The van der Waals surface area contributed by atoms with E-state index in [1.54, 1.807) is 12.1 Å². The third-order valence-electron chi connectivity index (χ3n) is 3.82. The van der Waals surface area contributed by atoms with Gasteiger partial charge in [-0.15, -0.1) is 0 Å². The maximum Gasteiger partial charge on any atom is 0.262 e. The third kappa shape index (κ3) is 3.95. The summed E-state index contributed by atoms with van der Waals surface area (Å²) in [6, 6.07) is 14.9. The van der Waals surface area contributed by atoms with Crippen molar-refractivity contribution in [3.8, 4) is 23.3 Å². The maximum atomic E-state index is 12.3. The average molecular weight is 350 g/mol. The number of benzene rings is 2. The zero-order valence-corrected chi connectivity index (χ0v) is 14.3. The van der Waals surface area contributed by atoms with Crippen molar-refractivity contribution in [3.63, 3.8) is 0 Å². The van der Waals surface area contributed by atoms with Gasteiger partial charge in [-0.05, 0) is 29.3 Å². The fourth-order valence-corrected chi connectivity index (χ4v) is 2.57. The maximum absolute atomic E-state index is 12.3. The molecular weight excluding hydrogens is 332 g/mol. The summed E-state index contributed by atoms with van der Waals surface area (Å²) in [5.74, 6) is 1.12. The molecule has 0 atom stereocenters. The molecule has 0 unspecified atom stereocenters. The van der Waals surface area contributed by atoms with Gasteiger partial charge in [0.1, 0.15) is 24.9 Å². The summed E-state index contributed by atoms with van der Waals surface area (Å²) in [6.07, 6.45) is 1.50. The standard InChI is InChI=1S/C20H18N2O4/c1-24-17-10-15(11-18-19(17)26-8-7-25-18)9-16(12-21)20(23)22-13-14-5-3-2-4-6-14/h2-6,9-11H,7-8,13H2,1H3,(H,22,23)/b16-9+. The summed E-state index contributed by atoms with van der Waals surface area (Å²) in [7, 11) is 1.53. The van der Waals surface area contributed by atoms with E-state index in [4.69, 9.17) is 14.2 Å². The van der Waals surface area contributed by atoms with Gasteiger partial charge in [-0.3, -0.25) is 4.79 Å². The Morgan fingerprint density at radius 1 is 1.27 bits per heavy atom. The van der Waals surface area contributed by atoms with Crippen molar-refractivity contribution in [1.82, 2.24) is 5.32 Å². The molecule has 0 fully saturated rings. The summed E-state index contributed by atoms with van der Waals surface area (Å²) in [5.41, 5.74) is 1.58. The van der Waals surface area contributed by atoms with Crippen LogP contribution in [-0.2, 0) is 11.3 Å². The Labute approximate surface area is 151 Å². The van der Waals surface area contributed by atoms with Crippen molar-refractivity contribution in [1.29, 1.82) is 5.26 Å². The van der Waals surface area contributed by atoms with Crippen LogP contribution in [0.25, 0.3) is 6.08 Å². The van der Waals surface area contributed by atoms with Gasteiger partial charge in [0.2, 0.25) is 5.75 Å². The van der Waals surface area contributed by atoms with E-state index in [9.17, 15) is 10.1 Å². The second-order valence-corrected chi connectivity index (χ2v) is 5.59. The second kappa shape index (κ2) is 8.08. The lowest BCUT2D eigenvalue weighted by molar-refractivity contribution is -0.117. The SMILES string of the molecule is COc1cc(/C=C(\C#N)C(=O)NCc2ccccc2)cc2c1OCCO2. The molecule has 132 valence electrons. The topological polar surface area (TPSA) is 80.6 Å². The number of nitrogens with zero attached hydrogens (tertiary/aromatic N) is 1. The number of nitrogens with one attached hydrogen (secondary N) is 1. The molecule has 1 aliphatic rings. The smallest absolute Gasteiger partial charge is 0.262 e. The fourth-order valence-electron chi connectivity index (χ4n) is 2.57. The highest BCUT2D eigenvalue weighted by molar-refractivity contribution is 6.01. The summed E-state index contributed by atoms with van der Waals surface area (Å²) in [4.78, 5) is 12.3. The van der Waals surface area contributed by atoms with E-state index in [1.807, 2.05) is 36.4 Å². The molecule has 0 saturated carbocycles. The van der Waals surface area contributed by atoms with Gasteiger partial charge in [-0.1, -0.05) is 30.3 Å². The second-order valence-electron chi connectivity index (χ2n) is 5.59. The first-order chi connectivity index (χ1) is 12.7. The van der Waals surface area contributed by atoms with Gasteiger partial charge in [-0.25, -0.2) is 0 Å². The largest absolute Gasteiger partial charge is 0.493 e. The minimum atomic E-state index is -0.440. The third-order valence-corrected chi connectivity index (χ3v) is 3.82. The van der Waals surface area contributed by atoms with Crippen LogP contribution in [0.3, 0.4) is 0 Å². The van der Waals surface area contributed by atoms with E-state index in [0.29, 0.717) is 42.6 Å². The van der Waals surface area contributed by atoms with Crippen LogP contribution in [-0.4, -0.2) is 26.2 Å². The molecule has 0 saturated heterocycles. The summed E-state index contributed by atoms with van der Waals surface area (Å²) < 4.78 is 16.4. The van der Waals surface area contributed by atoms with Crippen LogP contribution in [0.15, 0.2) is 48.0 Å². The van der Waals surface area contributed by atoms with E-state index in [2.05, 4.69) is 5.32 Å². The van der Waals surface area contributed by atoms with Crippen molar-refractivity contribution in [3.05, 3.63) is 59.2 Å². The summed E-state index contributed by atoms with van der Waals surface area (Å²) in [5, 5.41) is 12.1. The van der Waals surface area contributed by atoms with Gasteiger partial charge in [0.25, 0.3) is 5.91 Å². The molecule has 1 heterocycles. The van der Waals surface area contributed by atoms with Crippen LogP contribution in [0.5, 0.6) is 17.2 Å². The molecule has 6 nitrogen and oxygen atoms in total. The van der Waals surface area contributed by atoms with Gasteiger partial charge >= 0.3 is 0 Å². The van der Waals surface area contributed by atoms with Gasteiger partial charge in [0.15, 0.2) is 11.5 Å². The lowest BCUT2D eigenvalue weighted by Crippen LogP contribution is -2.23. The molecule has 1 N–H and O–H groups in total. The number of hydrogen-bond donors (Lipinski definition) is 1. The number of hydrogen-bond acceptors (Lipinski definition) is 5. The predicted octanol–water partition coefficient (Wildman–Crippen LogP) is 2.69. The zero-order valence-electron chi connectivity index (χ0n) is 14.3. The van der Waals surface area contributed by atoms with Crippen molar-refractivity contribution < 1.29 is 19.0 Å². The predicted molar refractivity (Wildman–Crippen MR) is 95.9 cm³/mol. The molecule has 2 aromatic carbocycles. The Morgan fingerprint density at radius 2 is 2.04 bits per heavy atom.